The number of anilines is 1. The van der Waals surface area contributed by atoms with Crippen molar-refractivity contribution < 1.29 is 4.74 Å². The standard InChI is InChI=1S/C18H21ClN2OS/c1-12-4-8-16(9-5-12)22-11-14(3)20-18(23)21-15-7-6-13(2)17(19)10-15/h4-10,14H,11H2,1-3H3,(H2,20,21,23). The van der Waals surface area contributed by atoms with Crippen molar-refractivity contribution >= 4 is 34.6 Å². The zero-order chi connectivity index (χ0) is 16.8. The van der Waals surface area contributed by atoms with Gasteiger partial charge in [0.25, 0.3) is 0 Å². The molecule has 0 saturated heterocycles. The number of benzene rings is 2. The van der Waals surface area contributed by atoms with E-state index in [2.05, 4.69) is 17.6 Å². The Bertz CT molecular complexity index is 673. The summed E-state index contributed by atoms with van der Waals surface area (Å²) in [6.07, 6.45) is 0. The van der Waals surface area contributed by atoms with Crippen molar-refractivity contribution in [2.24, 2.45) is 0 Å². The predicted molar refractivity (Wildman–Crippen MR) is 102 cm³/mol. The number of ether oxygens (including phenoxy) is 1. The first-order valence-electron chi connectivity index (χ1n) is 7.47. The summed E-state index contributed by atoms with van der Waals surface area (Å²) in [7, 11) is 0. The predicted octanol–water partition coefficient (Wildman–Crippen LogP) is 4.71. The van der Waals surface area contributed by atoms with Crippen molar-refractivity contribution in [3.05, 3.63) is 58.6 Å². The molecule has 5 heteroatoms. The first kappa shape index (κ1) is 17.6. The van der Waals surface area contributed by atoms with Crippen LogP contribution in [0.1, 0.15) is 18.1 Å². The molecule has 0 amide bonds. The van der Waals surface area contributed by atoms with E-state index in [1.54, 1.807) is 0 Å². The van der Waals surface area contributed by atoms with Gasteiger partial charge in [-0.3, -0.25) is 0 Å². The van der Waals surface area contributed by atoms with E-state index in [9.17, 15) is 0 Å². The zero-order valence-electron chi connectivity index (χ0n) is 13.5. The first-order valence-corrected chi connectivity index (χ1v) is 8.26. The van der Waals surface area contributed by atoms with Crippen LogP contribution >= 0.6 is 23.8 Å². The molecule has 0 aliphatic rings. The van der Waals surface area contributed by atoms with Gasteiger partial charge in [-0.05, 0) is 62.8 Å². The van der Waals surface area contributed by atoms with Crippen molar-refractivity contribution in [2.45, 2.75) is 26.8 Å². The summed E-state index contributed by atoms with van der Waals surface area (Å²) in [5.41, 5.74) is 3.12. The Kier molecular flexibility index (Phi) is 6.25. The molecular formula is C18H21ClN2OS. The summed E-state index contributed by atoms with van der Waals surface area (Å²) in [5.74, 6) is 0.855. The molecule has 0 aliphatic heterocycles. The van der Waals surface area contributed by atoms with Gasteiger partial charge >= 0.3 is 0 Å². The molecule has 0 saturated carbocycles. The minimum atomic E-state index is 0.0808. The first-order chi connectivity index (χ1) is 10.9. The van der Waals surface area contributed by atoms with Gasteiger partial charge < -0.3 is 15.4 Å². The van der Waals surface area contributed by atoms with Crippen molar-refractivity contribution in [3.8, 4) is 5.75 Å². The number of aryl methyl sites for hydroxylation is 2. The van der Waals surface area contributed by atoms with Crippen LogP contribution in [0.2, 0.25) is 5.02 Å². The highest BCUT2D eigenvalue weighted by molar-refractivity contribution is 7.80. The van der Waals surface area contributed by atoms with Crippen molar-refractivity contribution in [3.63, 3.8) is 0 Å². The number of hydrogen-bond donors (Lipinski definition) is 2. The van der Waals surface area contributed by atoms with Gasteiger partial charge in [0.1, 0.15) is 12.4 Å². The average molecular weight is 349 g/mol. The van der Waals surface area contributed by atoms with Crippen LogP contribution in [0.4, 0.5) is 5.69 Å². The second-order valence-electron chi connectivity index (χ2n) is 5.59. The average Bonchev–Trinajstić information content (AvgIpc) is 2.50. The second kappa shape index (κ2) is 8.18. The van der Waals surface area contributed by atoms with Crippen LogP contribution in [0.5, 0.6) is 5.75 Å². The van der Waals surface area contributed by atoms with Gasteiger partial charge in [0.2, 0.25) is 0 Å². The molecule has 0 fully saturated rings. The molecule has 23 heavy (non-hydrogen) atoms. The van der Waals surface area contributed by atoms with E-state index >= 15 is 0 Å². The van der Waals surface area contributed by atoms with E-state index in [-0.39, 0.29) is 6.04 Å². The third-order valence-electron chi connectivity index (χ3n) is 3.33. The van der Waals surface area contributed by atoms with Crippen LogP contribution in [0.25, 0.3) is 0 Å². The fourth-order valence-corrected chi connectivity index (χ4v) is 2.46. The maximum absolute atomic E-state index is 6.11. The van der Waals surface area contributed by atoms with Crippen LogP contribution in [-0.2, 0) is 0 Å². The number of nitrogens with one attached hydrogen (secondary N) is 2. The third-order valence-corrected chi connectivity index (χ3v) is 3.96. The van der Waals surface area contributed by atoms with E-state index < -0.39 is 0 Å². The summed E-state index contributed by atoms with van der Waals surface area (Å²) in [4.78, 5) is 0. The molecule has 0 radical (unpaired) electrons. The smallest absolute Gasteiger partial charge is 0.171 e. The summed E-state index contributed by atoms with van der Waals surface area (Å²) >= 11 is 11.4. The van der Waals surface area contributed by atoms with Crippen LogP contribution in [-0.4, -0.2) is 17.8 Å². The van der Waals surface area contributed by atoms with Gasteiger partial charge in [-0.1, -0.05) is 35.4 Å². The number of thiocarbonyl (C=S) groups is 1. The maximum atomic E-state index is 6.11. The summed E-state index contributed by atoms with van der Waals surface area (Å²) < 4.78 is 5.74. The minimum absolute atomic E-state index is 0.0808. The molecule has 2 aromatic carbocycles. The maximum Gasteiger partial charge on any atom is 0.171 e. The van der Waals surface area contributed by atoms with E-state index in [0.29, 0.717) is 16.7 Å². The normalized spacial score (nSPS) is 11.7. The molecule has 0 bridgehead atoms. The highest BCUT2D eigenvalue weighted by Crippen LogP contribution is 2.19. The molecule has 1 atom stereocenters. The highest BCUT2D eigenvalue weighted by atomic mass is 35.5. The van der Waals surface area contributed by atoms with Crippen molar-refractivity contribution in [1.29, 1.82) is 0 Å². The van der Waals surface area contributed by atoms with Crippen molar-refractivity contribution in [1.82, 2.24) is 5.32 Å². The molecule has 2 rings (SSSR count). The lowest BCUT2D eigenvalue weighted by atomic mass is 10.2. The summed E-state index contributed by atoms with van der Waals surface area (Å²) in [6.45, 7) is 6.56. The van der Waals surface area contributed by atoms with Gasteiger partial charge in [-0.15, -0.1) is 0 Å². The summed E-state index contributed by atoms with van der Waals surface area (Å²) in [5, 5.41) is 7.59. The number of halogens is 1. The fraction of sp³-hybridized carbons (Fsp3) is 0.278. The van der Waals surface area contributed by atoms with E-state index in [1.807, 2.05) is 56.3 Å². The lowest BCUT2D eigenvalue weighted by Crippen LogP contribution is -2.39. The van der Waals surface area contributed by atoms with Crippen LogP contribution in [0.15, 0.2) is 42.5 Å². The van der Waals surface area contributed by atoms with Crippen molar-refractivity contribution in [2.75, 3.05) is 11.9 Å². The van der Waals surface area contributed by atoms with Gasteiger partial charge in [-0.2, -0.15) is 0 Å². The lowest BCUT2D eigenvalue weighted by molar-refractivity contribution is 0.287. The lowest BCUT2D eigenvalue weighted by Gasteiger charge is -2.18. The van der Waals surface area contributed by atoms with Gasteiger partial charge in [0, 0.05) is 10.7 Å². The Morgan fingerprint density at radius 3 is 2.52 bits per heavy atom. The molecule has 0 aliphatic carbocycles. The Morgan fingerprint density at radius 1 is 1.17 bits per heavy atom. The van der Waals surface area contributed by atoms with Crippen LogP contribution < -0.4 is 15.4 Å². The van der Waals surface area contributed by atoms with E-state index in [4.69, 9.17) is 28.6 Å². The minimum Gasteiger partial charge on any atom is -0.491 e. The molecule has 0 aromatic heterocycles. The molecule has 1 unspecified atom stereocenters. The Morgan fingerprint density at radius 2 is 1.87 bits per heavy atom. The molecular weight excluding hydrogens is 328 g/mol. The SMILES string of the molecule is Cc1ccc(OCC(C)NC(=S)Nc2ccc(C)c(Cl)c2)cc1. The second-order valence-corrected chi connectivity index (χ2v) is 6.40. The van der Waals surface area contributed by atoms with Gasteiger partial charge in [-0.25, -0.2) is 0 Å². The number of rotatable bonds is 5. The molecule has 0 heterocycles. The molecule has 3 nitrogen and oxygen atoms in total. The number of hydrogen-bond acceptors (Lipinski definition) is 2. The fourth-order valence-electron chi connectivity index (χ4n) is 1.96. The molecule has 0 spiro atoms. The zero-order valence-corrected chi connectivity index (χ0v) is 15.1. The Hall–Kier alpha value is -1.78. The van der Waals surface area contributed by atoms with Gasteiger partial charge in [0.15, 0.2) is 5.11 Å². The Balaban J connectivity index is 1.79. The van der Waals surface area contributed by atoms with Crippen LogP contribution in [0, 0.1) is 13.8 Å². The van der Waals surface area contributed by atoms with E-state index in [1.165, 1.54) is 5.56 Å². The molecule has 2 aromatic rings. The topological polar surface area (TPSA) is 33.3 Å². The quantitative estimate of drug-likeness (QED) is 0.766. The summed E-state index contributed by atoms with van der Waals surface area (Å²) in [6, 6.07) is 13.8. The Labute approximate surface area is 148 Å². The monoisotopic (exact) mass is 348 g/mol. The third kappa shape index (κ3) is 5.73. The highest BCUT2D eigenvalue weighted by Gasteiger charge is 2.06. The molecule has 2 N–H and O–H groups in total. The van der Waals surface area contributed by atoms with Crippen LogP contribution in [0.3, 0.4) is 0 Å². The largest absolute Gasteiger partial charge is 0.491 e. The van der Waals surface area contributed by atoms with E-state index in [0.717, 1.165) is 17.0 Å². The van der Waals surface area contributed by atoms with Gasteiger partial charge in [0.05, 0.1) is 6.04 Å². The molecule has 122 valence electrons.